The molecule has 0 saturated heterocycles. The van der Waals surface area contributed by atoms with Crippen molar-refractivity contribution < 1.29 is 9.31 Å². The Labute approximate surface area is 116 Å². The normalized spacial score (nSPS) is 10.9. The minimum absolute atomic E-state index is 0.00532. The summed E-state index contributed by atoms with van der Waals surface area (Å²) in [6.45, 7) is -0.00532. The topological polar surface area (TPSA) is 93.8 Å². The maximum Gasteiger partial charge on any atom is 0.285 e. The molecular weight excluding hydrogens is 279 g/mol. The second-order valence-electron chi connectivity index (χ2n) is 4.43. The fourth-order valence-corrected chi connectivity index (χ4v) is 2.03. The number of fused-ring (bicyclic) bond motifs is 1. The van der Waals surface area contributed by atoms with E-state index in [1.807, 2.05) is 0 Å². The van der Waals surface area contributed by atoms with E-state index in [4.69, 9.17) is 0 Å². The van der Waals surface area contributed by atoms with Crippen molar-refractivity contribution in [3.8, 4) is 0 Å². The van der Waals surface area contributed by atoms with Gasteiger partial charge in [-0.3, -0.25) is 14.9 Å². The molecule has 7 nitrogen and oxygen atoms in total. The highest BCUT2D eigenvalue weighted by Crippen LogP contribution is 2.15. The van der Waals surface area contributed by atoms with E-state index in [-0.39, 0.29) is 17.7 Å². The third-order valence-electron chi connectivity index (χ3n) is 3.01. The van der Waals surface area contributed by atoms with Gasteiger partial charge in [-0.1, -0.05) is 6.07 Å². The molecule has 0 radical (unpaired) electrons. The van der Waals surface area contributed by atoms with Crippen LogP contribution in [0.5, 0.6) is 0 Å². The van der Waals surface area contributed by atoms with Crippen molar-refractivity contribution in [2.45, 2.75) is 6.54 Å². The van der Waals surface area contributed by atoms with Gasteiger partial charge in [-0.15, -0.1) is 0 Å². The van der Waals surface area contributed by atoms with Crippen LogP contribution in [0.15, 0.2) is 41.3 Å². The molecule has 0 amide bonds. The van der Waals surface area contributed by atoms with Crippen molar-refractivity contribution >= 4 is 16.7 Å². The number of benzene rings is 1. The third kappa shape index (κ3) is 2.38. The lowest BCUT2D eigenvalue weighted by atomic mass is 10.3. The average Bonchev–Trinajstić information content (AvgIpc) is 2.85. The second kappa shape index (κ2) is 4.82. The highest BCUT2D eigenvalue weighted by molar-refractivity contribution is 5.75. The summed E-state index contributed by atoms with van der Waals surface area (Å²) < 4.78 is 14.7. The molecule has 0 aliphatic carbocycles. The van der Waals surface area contributed by atoms with E-state index in [9.17, 15) is 19.3 Å². The maximum atomic E-state index is 13.5. The van der Waals surface area contributed by atoms with Gasteiger partial charge in [-0.05, 0) is 12.1 Å². The lowest BCUT2D eigenvalue weighted by molar-refractivity contribution is -0.385. The van der Waals surface area contributed by atoms with Gasteiger partial charge < -0.3 is 9.55 Å². The van der Waals surface area contributed by atoms with Crippen LogP contribution in [0.25, 0.3) is 11.0 Å². The van der Waals surface area contributed by atoms with E-state index in [1.54, 1.807) is 12.1 Å². The van der Waals surface area contributed by atoms with Crippen LogP contribution in [0.1, 0.15) is 5.82 Å². The molecule has 106 valence electrons. The highest BCUT2D eigenvalue weighted by atomic mass is 19.1. The Morgan fingerprint density at radius 2 is 2.14 bits per heavy atom. The first-order chi connectivity index (χ1) is 10.0. The molecular formula is C13H9FN4O3. The molecule has 0 aliphatic heterocycles. The van der Waals surface area contributed by atoms with E-state index in [1.165, 1.54) is 6.07 Å². The predicted molar refractivity (Wildman–Crippen MR) is 72.5 cm³/mol. The molecule has 2 aromatic heterocycles. The fourth-order valence-electron chi connectivity index (χ4n) is 2.03. The summed E-state index contributed by atoms with van der Waals surface area (Å²) in [5.74, 6) is -0.126. The van der Waals surface area contributed by atoms with Gasteiger partial charge in [0.25, 0.3) is 11.2 Å². The Bertz CT molecular complexity index is 900. The summed E-state index contributed by atoms with van der Waals surface area (Å²) in [5, 5.41) is 10.7. The monoisotopic (exact) mass is 288 g/mol. The van der Waals surface area contributed by atoms with E-state index in [2.05, 4.69) is 9.97 Å². The van der Waals surface area contributed by atoms with Gasteiger partial charge in [0.15, 0.2) is 5.82 Å². The van der Waals surface area contributed by atoms with Gasteiger partial charge in [0.2, 0.25) is 0 Å². The second-order valence-corrected chi connectivity index (χ2v) is 4.43. The van der Waals surface area contributed by atoms with Crippen molar-refractivity contribution in [3.05, 3.63) is 68.6 Å². The van der Waals surface area contributed by atoms with Crippen LogP contribution in [0.3, 0.4) is 0 Å². The fraction of sp³-hybridized carbons (Fsp3) is 0.0769. The number of nitro groups is 1. The van der Waals surface area contributed by atoms with Crippen LogP contribution in [0.4, 0.5) is 10.1 Å². The lowest BCUT2D eigenvalue weighted by Gasteiger charge is -2.02. The van der Waals surface area contributed by atoms with Gasteiger partial charge in [0.05, 0.1) is 23.2 Å². The van der Waals surface area contributed by atoms with Crippen molar-refractivity contribution in [2.24, 2.45) is 0 Å². The van der Waals surface area contributed by atoms with Crippen LogP contribution in [-0.4, -0.2) is 19.5 Å². The molecule has 0 spiro atoms. The number of pyridine rings is 1. The number of imidazole rings is 1. The maximum absolute atomic E-state index is 13.5. The summed E-state index contributed by atoms with van der Waals surface area (Å²) in [7, 11) is 0. The van der Waals surface area contributed by atoms with Crippen LogP contribution < -0.4 is 5.56 Å². The first kappa shape index (κ1) is 13.0. The number of nitrogens with zero attached hydrogens (tertiary/aromatic N) is 3. The zero-order chi connectivity index (χ0) is 15.0. The number of H-pyrrole nitrogens is 1. The van der Waals surface area contributed by atoms with Crippen LogP contribution in [0, 0.1) is 15.9 Å². The Hall–Kier alpha value is -3.03. The number of hydrogen-bond donors (Lipinski definition) is 1. The molecule has 3 aromatic rings. The van der Waals surface area contributed by atoms with Crippen LogP contribution in [0.2, 0.25) is 0 Å². The Morgan fingerprint density at radius 3 is 2.86 bits per heavy atom. The lowest BCUT2D eigenvalue weighted by Crippen LogP contribution is -2.19. The number of nitrogens with one attached hydrogen (secondary N) is 1. The number of hydrogen-bond acceptors (Lipinski definition) is 4. The van der Waals surface area contributed by atoms with Crippen LogP contribution >= 0.6 is 0 Å². The first-order valence-corrected chi connectivity index (χ1v) is 6.02. The standard InChI is InChI=1S/C13H9FN4O3/c14-9-2-1-3-10-13(9)16-11(15-10)7-17-6-8(18(20)21)4-5-12(17)19/h1-6H,7H2,(H,15,16). The smallest absolute Gasteiger partial charge is 0.285 e. The molecule has 0 aliphatic rings. The largest absolute Gasteiger partial charge is 0.340 e. The van der Waals surface area contributed by atoms with E-state index >= 15 is 0 Å². The quantitative estimate of drug-likeness (QED) is 0.587. The molecule has 1 N–H and O–H groups in total. The Morgan fingerprint density at radius 1 is 1.33 bits per heavy atom. The first-order valence-electron chi connectivity index (χ1n) is 6.02. The van der Waals surface area contributed by atoms with Gasteiger partial charge >= 0.3 is 0 Å². The molecule has 2 heterocycles. The van der Waals surface area contributed by atoms with E-state index in [0.717, 1.165) is 22.9 Å². The van der Waals surface area contributed by atoms with E-state index < -0.39 is 16.3 Å². The number of halogens is 1. The molecule has 1 aromatic carbocycles. The number of rotatable bonds is 3. The summed E-state index contributed by atoms with van der Waals surface area (Å²) in [6.07, 6.45) is 1.13. The van der Waals surface area contributed by atoms with E-state index in [0.29, 0.717) is 11.3 Å². The number of aromatic amines is 1. The molecule has 21 heavy (non-hydrogen) atoms. The van der Waals surface area contributed by atoms with Crippen molar-refractivity contribution in [2.75, 3.05) is 0 Å². The SMILES string of the molecule is O=c1ccc([N+](=O)[O-])cn1Cc1nc2c(F)cccc2[nH]1. The molecule has 0 atom stereocenters. The molecule has 0 fully saturated rings. The third-order valence-corrected chi connectivity index (χ3v) is 3.01. The van der Waals surface area contributed by atoms with Crippen molar-refractivity contribution in [1.82, 2.24) is 14.5 Å². The molecule has 0 saturated carbocycles. The Kier molecular flexibility index (Phi) is 2.98. The molecule has 3 rings (SSSR count). The molecule has 8 heteroatoms. The summed E-state index contributed by atoms with van der Waals surface area (Å²) >= 11 is 0. The Balaban J connectivity index is 2.02. The molecule has 0 unspecified atom stereocenters. The van der Waals surface area contributed by atoms with Gasteiger partial charge in [-0.2, -0.15) is 0 Å². The predicted octanol–water partition coefficient (Wildman–Crippen LogP) is 1.82. The van der Waals surface area contributed by atoms with Gasteiger partial charge in [-0.25, -0.2) is 9.37 Å². The van der Waals surface area contributed by atoms with Crippen molar-refractivity contribution in [1.29, 1.82) is 0 Å². The van der Waals surface area contributed by atoms with Crippen molar-refractivity contribution in [3.63, 3.8) is 0 Å². The summed E-state index contributed by atoms with van der Waals surface area (Å²) in [5.41, 5.74) is 0.0767. The summed E-state index contributed by atoms with van der Waals surface area (Å²) in [6, 6.07) is 6.73. The molecule has 0 bridgehead atoms. The average molecular weight is 288 g/mol. The number of para-hydroxylation sites is 1. The van der Waals surface area contributed by atoms with Gasteiger partial charge in [0, 0.05) is 12.1 Å². The zero-order valence-electron chi connectivity index (χ0n) is 10.6. The zero-order valence-corrected chi connectivity index (χ0v) is 10.6. The minimum Gasteiger partial charge on any atom is -0.340 e. The summed E-state index contributed by atoms with van der Waals surface area (Å²) in [4.78, 5) is 28.8. The van der Waals surface area contributed by atoms with Crippen LogP contribution in [-0.2, 0) is 6.54 Å². The highest BCUT2D eigenvalue weighted by Gasteiger charge is 2.11. The number of aromatic nitrogens is 3. The van der Waals surface area contributed by atoms with Gasteiger partial charge in [0.1, 0.15) is 11.3 Å². The minimum atomic E-state index is -0.589.